The molecule has 0 N–H and O–H groups in total. The molecule has 0 saturated carbocycles. The summed E-state index contributed by atoms with van der Waals surface area (Å²) >= 11 is 1.72. The number of carbonyl (C=O) groups excluding carboxylic acids is 1. The second-order valence-electron chi connectivity index (χ2n) is 5.45. The summed E-state index contributed by atoms with van der Waals surface area (Å²) in [6.07, 6.45) is 2.67. The van der Waals surface area contributed by atoms with Gasteiger partial charge in [-0.15, -0.1) is 0 Å². The normalized spacial score (nSPS) is 11.6. The van der Waals surface area contributed by atoms with Crippen LogP contribution in [0.25, 0.3) is 0 Å². The summed E-state index contributed by atoms with van der Waals surface area (Å²) in [6, 6.07) is 6.21. The third kappa shape index (κ3) is 3.88. The minimum absolute atomic E-state index is 0.144. The summed E-state index contributed by atoms with van der Waals surface area (Å²) in [7, 11) is 0. The Morgan fingerprint density at radius 3 is 2.41 bits per heavy atom. The Kier molecular flexibility index (Phi) is 4.81. The van der Waals surface area contributed by atoms with Gasteiger partial charge in [-0.1, -0.05) is 39.0 Å². The minimum Gasteiger partial charge on any atom is -0.294 e. The van der Waals surface area contributed by atoms with Crippen LogP contribution in [-0.2, 0) is 5.41 Å². The first-order valence-corrected chi connectivity index (χ1v) is 7.39. The first-order valence-electron chi connectivity index (χ1n) is 5.99. The molecule has 0 radical (unpaired) electrons. The van der Waals surface area contributed by atoms with Crippen LogP contribution in [0.4, 0.5) is 0 Å². The van der Waals surface area contributed by atoms with E-state index in [1.807, 2.05) is 19.2 Å². The summed E-state index contributed by atoms with van der Waals surface area (Å²) in [5, 5.41) is 0. The summed E-state index contributed by atoms with van der Waals surface area (Å²) in [6.45, 7) is 8.60. The van der Waals surface area contributed by atoms with Gasteiger partial charge in [-0.2, -0.15) is 11.8 Å². The van der Waals surface area contributed by atoms with Crippen molar-refractivity contribution >= 4 is 17.5 Å². The molecule has 1 rings (SSSR count). The maximum Gasteiger partial charge on any atom is 0.163 e. The van der Waals surface area contributed by atoms with E-state index in [-0.39, 0.29) is 11.2 Å². The molecule has 0 spiro atoms. The fraction of sp³-hybridized carbons (Fsp3) is 0.533. The van der Waals surface area contributed by atoms with Crippen LogP contribution in [0.2, 0.25) is 0 Å². The van der Waals surface area contributed by atoms with Gasteiger partial charge < -0.3 is 0 Å². The molecule has 0 aliphatic heterocycles. The number of rotatable bonds is 4. The third-order valence-corrected chi connectivity index (χ3v) is 3.54. The van der Waals surface area contributed by atoms with Gasteiger partial charge in [0.1, 0.15) is 0 Å². The highest BCUT2D eigenvalue weighted by atomic mass is 32.2. The molecule has 94 valence electrons. The van der Waals surface area contributed by atoms with E-state index in [2.05, 4.69) is 32.9 Å². The van der Waals surface area contributed by atoms with Gasteiger partial charge in [-0.05, 0) is 29.7 Å². The number of hydrogen-bond acceptors (Lipinski definition) is 2. The van der Waals surface area contributed by atoms with Crippen molar-refractivity contribution in [3.05, 3.63) is 34.9 Å². The van der Waals surface area contributed by atoms with E-state index in [0.29, 0.717) is 6.42 Å². The molecular weight excluding hydrogens is 228 g/mol. The van der Waals surface area contributed by atoms with E-state index in [1.165, 1.54) is 5.56 Å². The van der Waals surface area contributed by atoms with Gasteiger partial charge in [-0.25, -0.2) is 0 Å². The van der Waals surface area contributed by atoms with Crippen molar-refractivity contribution in [2.75, 3.05) is 12.0 Å². The second-order valence-corrected chi connectivity index (χ2v) is 6.43. The fourth-order valence-corrected chi connectivity index (χ4v) is 2.16. The van der Waals surface area contributed by atoms with Crippen molar-refractivity contribution in [1.82, 2.24) is 0 Å². The van der Waals surface area contributed by atoms with E-state index >= 15 is 0 Å². The molecule has 17 heavy (non-hydrogen) atoms. The molecule has 0 aliphatic carbocycles. The van der Waals surface area contributed by atoms with Crippen molar-refractivity contribution in [3.63, 3.8) is 0 Å². The van der Waals surface area contributed by atoms with Crippen molar-refractivity contribution in [2.45, 2.75) is 39.5 Å². The number of carbonyl (C=O) groups is 1. The van der Waals surface area contributed by atoms with Gasteiger partial charge in [0.2, 0.25) is 0 Å². The van der Waals surface area contributed by atoms with Crippen LogP contribution < -0.4 is 0 Å². The van der Waals surface area contributed by atoms with Crippen molar-refractivity contribution in [1.29, 1.82) is 0 Å². The number of benzene rings is 1. The predicted octanol–water partition coefficient (Wildman–Crippen LogP) is 4.23. The summed E-state index contributed by atoms with van der Waals surface area (Å²) in [5.41, 5.74) is 3.41. The zero-order valence-electron chi connectivity index (χ0n) is 11.5. The first kappa shape index (κ1) is 14.3. The van der Waals surface area contributed by atoms with Crippen LogP contribution >= 0.6 is 11.8 Å². The van der Waals surface area contributed by atoms with Crippen LogP contribution in [0, 0.1) is 6.92 Å². The van der Waals surface area contributed by atoms with Gasteiger partial charge in [0.15, 0.2) is 5.78 Å². The van der Waals surface area contributed by atoms with Crippen LogP contribution in [0.5, 0.6) is 0 Å². The van der Waals surface area contributed by atoms with Crippen LogP contribution in [-0.4, -0.2) is 17.8 Å². The van der Waals surface area contributed by atoms with Crippen LogP contribution in [0.3, 0.4) is 0 Å². The van der Waals surface area contributed by atoms with E-state index in [1.54, 1.807) is 11.8 Å². The number of Topliss-reactive ketones (excluding diaryl/α,β-unsaturated/α-hetero) is 1. The first-order chi connectivity index (χ1) is 7.86. The summed E-state index contributed by atoms with van der Waals surface area (Å²) in [4.78, 5) is 12.0. The molecule has 0 unspecified atom stereocenters. The average molecular weight is 250 g/mol. The number of ketones is 1. The van der Waals surface area contributed by atoms with Gasteiger partial charge in [0, 0.05) is 17.7 Å². The molecule has 0 heterocycles. The Labute approximate surface area is 109 Å². The zero-order valence-corrected chi connectivity index (χ0v) is 12.3. The zero-order chi connectivity index (χ0) is 13.1. The molecule has 0 amide bonds. The second kappa shape index (κ2) is 5.72. The quantitative estimate of drug-likeness (QED) is 0.744. The molecule has 0 bridgehead atoms. The molecule has 0 fully saturated rings. The minimum atomic E-state index is 0.144. The van der Waals surface area contributed by atoms with E-state index < -0.39 is 0 Å². The van der Waals surface area contributed by atoms with Crippen molar-refractivity contribution in [3.8, 4) is 0 Å². The van der Waals surface area contributed by atoms with E-state index in [4.69, 9.17) is 0 Å². The maximum atomic E-state index is 12.0. The number of thioether (sulfide) groups is 1. The third-order valence-electron chi connectivity index (χ3n) is 2.93. The molecule has 0 saturated heterocycles. The summed E-state index contributed by atoms with van der Waals surface area (Å²) < 4.78 is 0. The van der Waals surface area contributed by atoms with Crippen LogP contribution in [0.1, 0.15) is 48.7 Å². The monoisotopic (exact) mass is 250 g/mol. The Morgan fingerprint density at radius 2 is 1.94 bits per heavy atom. The summed E-state index contributed by atoms with van der Waals surface area (Å²) in [5.74, 6) is 1.16. The van der Waals surface area contributed by atoms with Gasteiger partial charge in [-0.3, -0.25) is 4.79 Å². The molecule has 0 atom stereocenters. The topological polar surface area (TPSA) is 17.1 Å². The molecular formula is C15H22OS. The molecule has 1 aromatic rings. The van der Waals surface area contributed by atoms with Gasteiger partial charge >= 0.3 is 0 Å². The molecule has 2 heteroatoms. The van der Waals surface area contributed by atoms with Gasteiger partial charge in [0.05, 0.1) is 0 Å². The maximum absolute atomic E-state index is 12.0. The van der Waals surface area contributed by atoms with E-state index in [0.717, 1.165) is 16.9 Å². The number of hydrogen-bond donors (Lipinski definition) is 0. The Balaban J connectivity index is 2.94. The van der Waals surface area contributed by atoms with E-state index in [9.17, 15) is 4.79 Å². The fourth-order valence-electron chi connectivity index (χ4n) is 1.77. The Hall–Kier alpha value is -0.760. The Morgan fingerprint density at radius 1 is 1.29 bits per heavy atom. The predicted molar refractivity (Wildman–Crippen MR) is 77.2 cm³/mol. The Bertz CT molecular complexity index is 402. The lowest BCUT2D eigenvalue weighted by Gasteiger charge is -2.20. The highest BCUT2D eigenvalue weighted by Crippen LogP contribution is 2.24. The largest absolute Gasteiger partial charge is 0.294 e. The molecule has 1 aromatic carbocycles. The standard InChI is InChI=1S/C15H22OS/c1-11-10-12(15(2,3)4)6-7-13(11)14(16)8-9-17-5/h6-7,10H,8-9H2,1-5H3. The van der Waals surface area contributed by atoms with Gasteiger partial charge in [0.25, 0.3) is 0 Å². The lowest BCUT2D eigenvalue weighted by atomic mass is 9.85. The van der Waals surface area contributed by atoms with Crippen LogP contribution in [0.15, 0.2) is 18.2 Å². The van der Waals surface area contributed by atoms with Crippen molar-refractivity contribution in [2.24, 2.45) is 0 Å². The highest BCUT2D eigenvalue weighted by Gasteiger charge is 2.16. The molecule has 0 aromatic heterocycles. The van der Waals surface area contributed by atoms with Crippen molar-refractivity contribution < 1.29 is 4.79 Å². The molecule has 1 nitrogen and oxygen atoms in total. The lowest BCUT2D eigenvalue weighted by molar-refractivity contribution is 0.0989. The average Bonchev–Trinajstić information content (AvgIpc) is 2.24. The smallest absolute Gasteiger partial charge is 0.163 e. The molecule has 0 aliphatic rings. The SMILES string of the molecule is CSCCC(=O)c1ccc(C(C)(C)C)cc1C. The highest BCUT2D eigenvalue weighted by molar-refractivity contribution is 7.98. The number of aryl methyl sites for hydroxylation is 1. The lowest BCUT2D eigenvalue weighted by Crippen LogP contribution is -2.12.